The largest absolute Gasteiger partial charge is 0.318 e. The van der Waals surface area contributed by atoms with Crippen LogP contribution in [-0.2, 0) is 13.5 Å². The Labute approximate surface area is 83.4 Å². The van der Waals surface area contributed by atoms with E-state index >= 15 is 0 Å². The third-order valence-corrected chi connectivity index (χ3v) is 2.39. The van der Waals surface area contributed by atoms with Crippen molar-refractivity contribution in [2.24, 2.45) is 7.05 Å². The van der Waals surface area contributed by atoms with Crippen molar-refractivity contribution in [2.75, 3.05) is 0 Å². The van der Waals surface area contributed by atoms with Crippen LogP contribution >= 0.6 is 0 Å². The van der Waals surface area contributed by atoms with Gasteiger partial charge < -0.3 is 4.57 Å². The van der Waals surface area contributed by atoms with Gasteiger partial charge >= 0.3 is 0 Å². The van der Waals surface area contributed by atoms with E-state index in [2.05, 4.69) is 22.3 Å². The average Bonchev–Trinajstić information content (AvgIpc) is 2.52. The lowest BCUT2D eigenvalue weighted by molar-refractivity contribution is 0.796. The van der Waals surface area contributed by atoms with Gasteiger partial charge in [0.05, 0.1) is 0 Å². The molecule has 0 aliphatic rings. The number of aryl methyl sites for hydroxylation is 1. The minimum absolute atomic E-state index is 0.845. The second kappa shape index (κ2) is 3.62. The number of nitrogens with zero attached hydrogens (tertiary/aromatic N) is 3. The molecule has 3 nitrogen and oxygen atoms in total. The van der Waals surface area contributed by atoms with Crippen molar-refractivity contribution in [2.45, 2.75) is 13.3 Å². The highest BCUT2D eigenvalue weighted by Crippen LogP contribution is 2.06. The SMILES string of the molecule is Cc1nnc(Cc2ccccc2)n1C. The van der Waals surface area contributed by atoms with Crippen LogP contribution in [0.3, 0.4) is 0 Å². The molecule has 0 aliphatic heterocycles. The molecule has 0 N–H and O–H groups in total. The Morgan fingerprint density at radius 2 is 1.86 bits per heavy atom. The lowest BCUT2D eigenvalue weighted by Crippen LogP contribution is -2.00. The van der Waals surface area contributed by atoms with Gasteiger partial charge in [0.15, 0.2) is 0 Å². The van der Waals surface area contributed by atoms with Gasteiger partial charge in [-0.2, -0.15) is 0 Å². The summed E-state index contributed by atoms with van der Waals surface area (Å²) >= 11 is 0. The maximum Gasteiger partial charge on any atom is 0.137 e. The molecule has 0 atom stereocenters. The van der Waals surface area contributed by atoms with Crippen LogP contribution in [0.1, 0.15) is 17.2 Å². The van der Waals surface area contributed by atoms with Gasteiger partial charge in [0.2, 0.25) is 0 Å². The summed E-state index contributed by atoms with van der Waals surface area (Å²) in [5.41, 5.74) is 1.27. The summed E-state index contributed by atoms with van der Waals surface area (Å²) in [6.07, 6.45) is 0.845. The first-order valence-electron chi connectivity index (χ1n) is 4.66. The average molecular weight is 187 g/mol. The van der Waals surface area contributed by atoms with Gasteiger partial charge in [0, 0.05) is 13.5 Å². The van der Waals surface area contributed by atoms with Crippen LogP contribution in [0.5, 0.6) is 0 Å². The van der Waals surface area contributed by atoms with Crippen molar-refractivity contribution in [1.29, 1.82) is 0 Å². The summed E-state index contributed by atoms with van der Waals surface area (Å²) in [6.45, 7) is 1.96. The van der Waals surface area contributed by atoms with Gasteiger partial charge in [0.1, 0.15) is 11.6 Å². The Bertz CT molecular complexity index is 417. The van der Waals surface area contributed by atoms with E-state index in [0.29, 0.717) is 0 Å². The molecule has 1 aromatic carbocycles. The van der Waals surface area contributed by atoms with Gasteiger partial charge in [-0.1, -0.05) is 30.3 Å². The van der Waals surface area contributed by atoms with Crippen LogP contribution in [0.15, 0.2) is 30.3 Å². The third-order valence-electron chi connectivity index (χ3n) is 2.39. The number of hydrogen-bond donors (Lipinski definition) is 0. The number of benzene rings is 1. The van der Waals surface area contributed by atoms with Crippen molar-refractivity contribution in [1.82, 2.24) is 14.8 Å². The molecule has 0 saturated carbocycles. The molecule has 72 valence electrons. The molecule has 0 aliphatic carbocycles. The zero-order valence-electron chi connectivity index (χ0n) is 8.44. The second-order valence-electron chi connectivity index (χ2n) is 3.38. The van der Waals surface area contributed by atoms with Gasteiger partial charge in [0.25, 0.3) is 0 Å². The summed E-state index contributed by atoms with van der Waals surface area (Å²) in [5.74, 6) is 1.96. The first-order valence-corrected chi connectivity index (χ1v) is 4.66. The minimum atomic E-state index is 0.845. The van der Waals surface area contributed by atoms with Crippen molar-refractivity contribution in [3.05, 3.63) is 47.5 Å². The topological polar surface area (TPSA) is 30.7 Å². The fourth-order valence-corrected chi connectivity index (χ4v) is 1.38. The molecule has 0 amide bonds. The maximum atomic E-state index is 4.12. The Kier molecular flexibility index (Phi) is 2.31. The quantitative estimate of drug-likeness (QED) is 0.716. The fraction of sp³-hybridized carbons (Fsp3) is 0.273. The molecule has 2 rings (SSSR count). The molecule has 14 heavy (non-hydrogen) atoms. The summed E-state index contributed by atoms with van der Waals surface area (Å²) in [6, 6.07) is 10.3. The summed E-state index contributed by atoms with van der Waals surface area (Å²) in [5, 5.41) is 8.15. The van der Waals surface area contributed by atoms with Crippen LogP contribution in [0, 0.1) is 6.92 Å². The Morgan fingerprint density at radius 3 is 2.43 bits per heavy atom. The van der Waals surface area contributed by atoms with E-state index in [9.17, 15) is 0 Å². The highest BCUT2D eigenvalue weighted by Gasteiger charge is 2.04. The van der Waals surface area contributed by atoms with E-state index in [1.54, 1.807) is 0 Å². The summed E-state index contributed by atoms with van der Waals surface area (Å²) < 4.78 is 2.02. The summed E-state index contributed by atoms with van der Waals surface area (Å²) in [7, 11) is 1.99. The number of aromatic nitrogens is 3. The Hall–Kier alpha value is -1.64. The molecule has 0 spiro atoms. The highest BCUT2D eigenvalue weighted by molar-refractivity contribution is 5.19. The molecule has 0 bridgehead atoms. The van der Waals surface area contributed by atoms with Crippen LogP contribution in [-0.4, -0.2) is 14.8 Å². The van der Waals surface area contributed by atoms with Crippen LogP contribution < -0.4 is 0 Å². The van der Waals surface area contributed by atoms with E-state index in [0.717, 1.165) is 18.1 Å². The predicted molar refractivity (Wildman–Crippen MR) is 55.0 cm³/mol. The van der Waals surface area contributed by atoms with E-state index < -0.39 is 0 Å². The van der Waals surface area contributed by atoms with Gasteiger partial charge in [-0.05, 0) is 12.5 Å². The second-order valence-corrected chi connectivity index (χ2v) is 3.38. The fourth-order valence-electron chi connectivity index (χ4n) is 1.38. The molecule has 3 heteroatoms. The van der Waals surface area contributed by atoms with Crippen LogP contribution in [0.2, 0.25) is 0 Å². The highest BCUT2D eigenvalue weighted by atomic mass is 15.3. The van der Waals surface area contributed by atoms with Crippen molar-refractivity contribution < 1.29 is 0 Å². The molecule has 1 heterocycles. The standard InChI is InChI=1S/C11H13N3/c1-9-12-13-11(14(9)2)8-10-6-4-3-5-7-10/h3-7H,8H2,1-2H3. The molecule has 2 aromatic rings. The van der Waals surface area contributed by atoms with E-state index in [1.165, 1.54) is 5.56 Å². The third kappa shape index (κ3) is 1.66. The Morgan fingerprint density at radius 1 is 1.14 bits per heavy atom. The predicted octanol–water partition coefficient (Wildman–Crippen LogP) is 1.71. The van der Waals surface area contributed by atoms with Crippen molar-refractivity contribution in [3.63, 3.8) is 0 Å². The first-order chi connectivity index (χ1) is 6.77. The van der Waals surface area contributed by atoms with Gasteiger partial charge in [-0.3, -0.25) is 0 Å². The van der Waals surface area contributed by atoms with E-state index in [4.69, 9.17) is 0 Å². The molecular weight excluding hydrogens is 174 g/mol. The monoisotopic (exact) mass is 187 g/mol. The molecule has 0 saturated heterocycles. The van der Waals surface area contributed by atoms with E-state index in [1.807, 2.05) is 36.7 Å². The number of hydrogen-bond acceptors (Lipinski definition) is 2. The minimum Gasteiger partial charge on any atom is -0.318 e. The lowest BCUT2D eigenvalue weighted by atomic mass is 10.1. The normalized spacial score (nSPS) is 10.4. The molecular formula is C11H13N3. The van der Waals surface area contributed by atoms with Gasteiger partial charge in [-0.15, -0.1) is 10.2 Å². The molecule has 0 unspecified atom stereocenters. The summed E-state index contributed by atoms with van der Waals surface area (Å²) in [4.78, 5) is 0. The molecule has 1 aromatic heterocycles. The Balaban J connectivity index is 2.23. The zero-order valence-corrected chi connectivity index (χ0v) is 8.44. The van der Waals surface area contributed by atoms with Crippen LogP contribution in [0.25, 0.3) is 0 Å². The van der Waals surface area contributed by atoms with Crippen molar-refractivity contribution in [3.8, 4) is 0 Å². The van der Waals surface area contributed by atoms with Gasteiger partial charge in [-0.25, -0.2) is 0 Å². The van der Waals surface area contributed by atoms with Crippen LogP contribution in [0.4, 0.5) is 0 Å². The first kappa shape index (κ1) is 8.94. The molecule has 0 fully saturated rings. The van der Waals surface area contributed by atoms with E-state index in [-0.39, 0.29) is 0 Å². The lowest BCUT2D eigenvalue weighted by Gasteiger charge is -2.01. The smallest absolute Gasteiger partial charge is 0.137 e. The molecule has 0 radical (unpaired) electrons. The maximum absolute atomic E-state index is 4.12. The number of rotatable bonds is 2. The zero-order chi connectivity index (χ0) is 9.97. The van der Waals surface area contributed by atoms with Crippen molar-refractivity contribution >= 4 is 0 Å².